The Kier molecular flexibility index (Phi) is 3.83. The molecule has 0 radical (unpaired) electrons. The molecule has 1 aliphatic heterocycles. The lowest BCUT2D eigenvalue weighted by molar-refractivity contribution is 0.157. The molecule has 0 atom stereocenters. The molecule has 1 saturated heterocycles. The lowest BCUT2D eigenvalue weighted by Gasteiger charge is -2.32. The van der Waals surface area contributed by atoms with Gasteiger partial charge < -0.3 is 15.1 Å². The van der Waals surface area contributed by atoms with Gasteiger partial charge in [-0.2, -0.15) is 0 Å². The fraction of sp³-hybridized carbons (Fsp3) is 0.750. The molecule has 4 nitrogen and oxygen atoms in total. The molecular weight excluding hydrogens is 202 g/mol. The van der Waals surface area contributed by atoms with Crippen LogP contribution in [0.25, 0.3) is 0 Å². The number of nitrogens with zero attached hydrogens (tertiary/aromatic N) is 2. The van der Waals surface area contributed by atoms with Gasteiger partial charge in [-0.1, -0.05) is 5.57 Å². The SMILES string of the molecule is CN1CCN(C(=O)NC=C2CCCC2)CC1. The number of likely N-dealkylation sites (N-methyl/N-ethyl adjacent to an activating group) is 1. The van der Waals surface area contributed by atoms with Crippen molar-refractivity contribution >= 4 is 6.03 Å². The third-order valence-corrected chi connectivity index (χ3v) is 3.44. The fourth-order valence-electron chi connectivity index (χ4n) is 2.24. The molecular formula is C12H21N3O. The minimum Gasteiger partial charge on any atom is -0.322 e. The summed E-state index contributed by atoms with van der Waals surface area (Å²) in [6.07, 6.45) is 6.78. The first kappa shape index (κ1) is 11.5. The van der Waals surface area contributed by atoms with E-state index in [0.29, 0.717) is 0 Å². The standard InChI is InChI=1S/C12H21N3O/c1-14-6-8-15(9-7-14)12(16)13-10-11-4-2-3-5-11/h10H,2-9H2,1H3,(H,13,16). The molecule has 0 aromatic carbocycles. The van der Waals surface area contributed by atoms with Crippen molar-refractivity contribution in [3.63, 3.8) is 0 Å². The molecule has 90 valence electrons. The van der Waals surface area contributed by atoms with E-state index in [1.807, 2.05) is 11.1 Å². The van der Waals surface area contributed by atoms with Crippen LogP contribution >= 0.6 is 0 Å². The average molecular weight is 223 g/mol. The molecule has 0 unspecified atom stereocenters. The first-order valence-corrected chi connectivity index (χ1v) is 6.17. The van der Waals surface area contributed by atoms with Gasteiger partial charge in [0.2, 0.25) is 0 Å². The molecule has 1 N–H and O–H groups in total. The molecule has 16 heavy (non-hydrogen) atoms. The van der Waals surface area contributed by atoms with Gasteiger partial charge in [0.25, 0.3) is 0 Å². The van der Waals surface area contributed by atoms with Crippen molar-refractivity contribution in [2.45, 2.75) is 25.7 Å². The Balaban J connectivity index is 1.77. The van der Waals surface area contributed by atoms with E-state index in [1.165, 1.54) is 18.4 Å². The van der Waals surface area contributed by atoms with Gasteiger partial charge in [0.05, 0.1) is 0 Å². The number of nitrogens with one attached hydrogen (secondary N) is 1. The number of piperazine rings is 1. The fourth-order valence-corrected chi connectivity index (χ4v) is 2.24. The van der Waals surface area contributed by atoms with Crippen LogP contribution in [0.4, 0.5) is 4.79 Å². The van der Waals surface area contributed by atoms with Gasteiger partial charge in [-0.25, -0.2) is 4.79 Å². The molecule has 4 heteroatoms. The second kappa shape index (κ2) is 5.34. The highest BCUT2D eigenvalue weighted by atomic mass is 16.2. The van der Waals surface area contributed by atoms with Crippen LogP contribution in [0, 0.1) is 0 Å². The summed E-state index contributed by atoms with van der Waals surface area (Å²) in [5.74, 6) is 0. The Morgan fingerprint density at radius 1 is 1.19 bits per heavy atom. The van der Waals surface area contributed by atoms with E-state index >= 15 is 0 Å². The van der Waals surface area contributed by atoms with Gasteiger partial charge in [0.15, 0.2) is 0 Å². The topological polar surface area (TPSA) is 35.6 Å². The highest BCUT2D eigenvalue weighted by molar-refractivity contribution is 5.75. The van der Waals surface area contributed by atoms with Crippen LogP contribution in [0.15, 0.2) is 11.8 Å². The zero-order valence-corrected chi connectivity index (χ0v) is 10.0. The number of rotatable bonds is 1. The molecule has 2 aliphatic rings. The highest BCUT2D eigenvalue weighted by Crippen LogP contribution is 2.22. The number of amides is 2. The summed E-state index contributed by atoms with van der Waals surface area (Å²) >= 11 is 0. The van der Waals surface area contributed by atoms with Gasteiger partial charge in [-0.15, -0.1) is 0 Å². The smallest absolute Gasteiger partial charge is 0.321 e. The third kappa shape index (κ3) is 2.98. The van der Waals surface area contributed by atoms with Gasteiger partial charge >= 0.3 is 6.03 Å². The van der Waals surface area contributed by atoms with Crippen LogP contribution in [0.5, 0.6) is 0 Å². The second-order valence-corrected chi connectivity index (χ2v) is 4.75. The van der Waals surface area contributed by atoms with Gasteiger partial charge in [0.1, 0.15) is 0 Å². The molecule has 1 heterocycles. The molecule has 0 aromatic rings. The molecule has 0 bridgehead atoms. The number of allylic oxidation sites excluding steroid dienone is 1. The second-order valence-electron chi connectivity index (χ2n) is 4.75. The summed E-state index contributed by atoms with van der Waals surface area (Å²) in [7, 11) is 2.09. The van der Waals surface area contributed by atoms with E-state index in [1.54, 1.807) is 0 Å². The van der Waals surface area contributed by atoms with Crippen LogP contribution in [-0.2, 0) is 0 Å². The van der Waals surface area contributed by atoms with Crippen molar-refractivity contribution < 1.29 is 4.79 Å². The van der Waals surface area contributed by atoms with E-state index in [4.69, 9.17) is 0 Å². The van der Waals surface area contributed by atoms with Crippen molar-refractivity contribution in [1.29, 1.82) is 0 Å². The Bertz CT molecular complexity index is 272. The quantitative estimate of drug-likeness (QED) is 0.729. The maximum atomic E-state index is 11.8. The first-order chi connectivity index (χ1) is 7.75. The maximum absolute atomic E-state index is 11.8. The van der Waals surface area contributed by atoms with Gasteiger partial charge in [-0.05, 0) is 32.7 Å². The van der Waals surface area contributed by atoms with Crippen LogP contribution in [0.2, 0.25) is 0 Å². The number of hydrogen-bond acceptors (Lipinski definition) is 2. The summed E-state index contributed by atoms with van der Waals surface area (Å²) in [4.78, 5) is 16.0. The summed E-state index contributed by atoms with van der Waals surface area (Å²) in [5.41, 5.74) is 1.39. The van der Waals surface area contributed by atoms with E-state index in [-0.39, 0.29) is 6.03 Å². The molecule has 1 aliphatic carbocycles. The van der Waals surface area contributed by atoms with E-state index in [9.17, 15) is 4.79 Å². The van der Waals surface area contributed by atoms with Crippen molar-refractivity contribution in [2.24, 2.45) is 0 Å². The van der Waals surface area contributed by atoms with Crippen LogP contribution in [-0.4, -0.2) is 49.1 Å². The lowest BCUT2D eigenvalue weighted by Crippen LogP contribution is -2.49. The lowest BCUT2D eigenvalue weighted by atomic mass is 10.2. The Morgan fingerprint density at radius 2 is 1.81 bits per heavy atom. The molecule has 2 fully saturated rings. The molecule has 2 amide bonds. The predicted molar refractivity (Wildman–Crippen MR) is 64.2 cm³/mol. The van der Waals surface area contributed by atoms with Gasteiger partial charge in [-0.3, -0.25) is 0 Å². The number of hydrogen-bond donors (Lipinski definition) is 1. The van der Waals surface area contributed by atoms with E-state index in [0.717, 1.165) is 39.0 Å². The van der Waals surface area contributed by atoms with Crippen molar-refractivity contribution in [1.82, 2.24) is 15.1 Å². The minimum atomic E-state index is 0.0625. The van der Waals surface area contributed by atoms with E-state index < -0.39 is 0 Å². The van der Waals surface area contributed by atoms with Crippen LogP contribution in [0.1, 0.15) is 25.7 Å². The molecule has 0 aromatic heterocycles. The predicted octanol–water partition coefficient (Wildman–Crippen LogP) is 1.40. The minimum absolute atomic E-state index is 0.0625. The van der Waals surface area contributed by atoms with Gasteiger partial charge in [0, 0.05) is 32.4 Å². The summed E-state index contributed by atoms with van der Waals surface area (Å²) in [6.45, 7) is 3.63. The maximum Gasteiger partial charge on any atom is 0.321 e. The Hall–Kier alpha value is -1.03. The Labute approximate surface area is 97.3 Å². The average Bonchev–Trinajstić information content (AvgIpc) is 2.80. The highest BCUT2D eigenvalue weighted by Gasteiger charge is 2.18. The number of urea groups is 1. The largest absolute Gasteiger partial charge is 0.322 e. The Morgan fingerprint density at radius 3 is 2.44 bits per heavy atom. The monoisotopic (exact) mass is 223 g/mol. The first-order valence-electron chi connectivity index (χ1n) is 6.17. The van der Waals surface area contributed by atoms with E-state index in [2.05, 4.69) is 17.3 Å². The zero-order chi connectivity index (χ0) is 11.4. The third-order valence-electron chi connectivity index (χ3n) is 3.44. The van der Waals surface area contributed by atoms with Crippen LogP contribution < -0.4 is 5.32 Å². The summed E-state index contributed by atoms with van der Waals surface area (Å²) in [6, 6.07) is 0.0625. The number of carbonyl (C=O) groups excluding carboxylic acids is 1. The molecule has 0 spiro atoms. The normalized spacial score (nSPS) is 22.3. The summed E-state index contributed by atoms with van der Waals surface area (Å²) in [5, 5.41) is 2.92. The zero-order valence-electron chi connectivity index (χ0n) is 10.0. The van der Waals surface area contributed by atoms with Crippen molar-refractivity contribution in [3.8, 4) is 0 Å². The molecule has 1 saturated carbocycles. The molecule has 2 rings (SSSR count). The van der Waals surface area contributed by atoms with Crippen LogP contribution in [0.3, 0.4) is 0 Å². The van der Waals surface area contributed by atoms with Crippen molar-refractivity contribution in [3.05, 3.63) is 11.8 Å². The van der Waals surface area contributed by atoms with Crippen molar-refractivity contribution in [2.75, 3.05) is 33.2 Å². The summed E-state index contributed by atoms with van der Waals surface area (Å²) < 4.78 is 0. The number of carbonyl (C=O) groups is 1.